The van der Waals surface area contributed by atoms with E-state index in [2.05, 4.69) is 32.2 Å². The van der Waals surface area contributed by atoms with E-state index in [9.17, 15) is 4.79 Å². The Labute approximate surface area is 187 Å². The van der Waals surface area contributed by atoms with Crippen LogP contribution in [-0.4, -0.2) is 60.2 Å². The molecule has 1 saturated carbocycles. The molecule has 0 aromatic carbocycles. The van der Waals surface area contributed by atoms with Gasteiger partial charge in [-0.15, -0.1) is 11.3 Å². The van der Waals surface area contributed by atoms with Crippen molar-refractivity contribution in [2.75, 3.05) is 44.3 Å². The highest BCUT2D eigenvalue weighted by Gasteiger charge is 2.36. The molecule has 2 aromatic rings. The summed E-state index contributed by atoms with van der Waals surface area (Å²) in [5, 5.41) is 6.38. The van der Waals surface area contributed by atoms with Crippen molar-refractivity contribution in [1.29, 1.82) is 0 Å². The molecular weight excluding hydrogens is 410 g/mol. The number of anilines is 1. The van der Waals surface area contributed by atoms with Gasteiger partial charge in [0.2, 0.25) is 5.91 Å². The third-order valence-corrected chi connectivity index (χ3v) is 7.39. The Bertz CT molecular complexity index is 849. The maximum atomic E-state index is 12.5. The van der Waals surface area contributed by atoms with Gasteiger partial charge >= 0.3 is 0 Å². The highest BCUT2D eigenvalue weighted by molar-refractivity contribution is 7.09. The minimum Gasteiger partial charge on any atom is -0.378 e. The minimum atomic E-state index is 0.0257. The van der Waals surface area contributed by atoms with Gasteiger partial charge in [0, 0.05) is 49.9 Å². The molecule has 0 unspecified atom stereocenters. The first-order valence-corrected chi connectivity index (χ1v) is 12.3. The van der Waals surface area contributed by atoms with Gasteiger partial charge < -0.3 is 15.0 Å². The smallest absolute Gasteiger partial charge is 0.223 e. The van der Waals surface area contributed by atoms with Crippen molar-refractivity contribution in [3.63, 3.8) is 0 Å². The number of nitrogens with one attached hydrogen (secondary N) is 1. The first kappa shape index (κ1) is 20.8. The second-order valence-corrected chi connectivity index (χ2v) is 9.82. The molecule has 1 amide bonds. The van der Waals surface area contributed by atoms with Crippen LogP contribution in [0.2, 0.25) is 0 Å². The van der Waals surface area contributed by atoms with Crippen LogP contribution in [0.15, 0.2) is 29.9 Å². The van der Waals surface area contributed by atoms with E-state index >= 15 is 0 Å². The van der Waals surface area contributed by atoms with Crippen LogP contribution in [0.3, 0.4) is 0 Å². The molecule has 5 rings (SSSR count). The van der Waals surface area contributed by atoms with Gasteiger partial charge in [0.05, 0.1) is 19.3 Å². The van der Waals surface area contributed by atoms with Crippen LogP contribution >= 0.6 is 11.3 Å². The van der Waals surface area contributed by atoms with Crippen molar-refractivity contribution in [2.45, 2.75) is 38.3 Å². The number of nitrogens with zero attached hydrogens (tertiary/aromatic N) is 4. The number of rotatable bonds is 7. The average molecular weight is 442 g/mol. The van der Waals surface area contributed by atoms with E-state index in [0.29, 0.717) is 5.92 Å². The summed E-state index contributed by atoms with van der Waals surface area (Å²) in [6.07, 6.45) is 8.19. The summed E-state index contributed by atoms with van der Waals surface area (Å²) in [5.41, 5.74) is 1.24. The number of morpholine rings is 1. The number of pyridine rings is 1. The van der Waals surface area contributed by atoms with E-state index in [1.54, 1.807) is 11.3 Å². The van der Waals surface area contributed by atoms with Crippen LogP contribution in [0.4, 0.5) is 5.82 Å². The van der Waals surface area contributed by atoms with Gasteiger partial charge in [-0.05, 0) is 49.8 Å². The number of hydrogen-bond donors (Lipinski definition) is 1. The molecule has 2 aliphatic heterocycles. The maximum Gasteiger partial charge on any atom is 0.223 e. The van der Waals surface area contributed by atoms with Crippen molar-refractivity contribution in [3.8, 4) is 0 Å². The van der Waals surface area contributed by atoms with Crippen LogP contribution in [0.25, 0.3) is 0 Å². The van der Waals surface area contributed by atoms with E-state index in [0.717, 1.165) is 82.4 Å². The van der Waals surface area contributed by atoms with Gasteiger partial charge in [-0.2, -0.15) is 0 Å². The Kier molecular flexibility index (Phi) is 6.47. The lowest BCUT2D eigenvalue weighted by atomic mass is 9.90. The molecule has 3 fully saturated rings. The number of carbonyl (C=O) groups excluding carboxylic acids is 1. The van der Waals surface area contributed by atoms with Crippen molar-refractivity contribution < 1.29 is 9.53 Å². The molecule has 8 heteroatoms. The number of piperidine rings is 1. The molecule has 3 aliphatic rings. The number of amides is 1. The van der Waals surface area contributed by atoms with Crippen molar-refractivity contribution >= 4 is 23.1 Å². The predicted molar refractivity (Wildman–Crippen MR) is 121 cm³/mol. The molecule has 0 bridgehead atoms. The highest BCUT2D eigenvalue weighted by Crippen LogP contribution is 2.34. The second-order valence-electron chi connectivity index (χ2n) is 8.89. The molecule has 2 atom stereocenters. The second kappa shape index (κ2) is 9.63. The molecule has 31 heavy (non-hydrogen) atoms. The zero-order valence-corrected chi connectivity index (χ0v) is 18.7. The Balaban J connectivity index is 1.22. The van der Waals surface area contributed by atoms with Gasteiger partial charge in [-0.3, -0.25) is 9.69 Å². The van der Waals surface area contributed by atoms with Gasteiger partial charge in [-0.1, -0.05) is 6.07 Å². The SMILES string of the molecule is O=C(N[C@@H](c1nccs1)[C@H]1CCCN(Cc2ccc(N3CCOCC3)nc2)C1)C1CC1. The Morgan fingerprint density at radius 2 is 2.06 bits per heavy atom. The highest BCUT2D eigenvalue weighted by atomic mass is 32.1. The number of aromatic nitrogens is 2. The van der Waals surface area contributed by atoms with Gasteiger partial charge in [-0.25, -0.2) is 9.97 Å². The molecule has 7 nitrogen and oxygen atoms in total. The third-order valence-electron chi connectivity index (χ3n) is 6.53. The van der Waals surface area contributed by atoms with Crippen molar-refractivity contribution in [1.82, 2.24) is 20.2 Å². The van der Waals surface area contributed by atoms with E-state index in [1.807, 2.05) is 17.8 Å². The molecule has 1 aliphatic carbocycles. The van der Waals surface area contributed by atoms with E-state index in [-0.39, 0.29) is 17.9 Å². The van der Waals surface area contributed by atoms with Gasteiger partial charge in [0.15, 0.2) is 0 Å². The largest absolute Gasteiger partial charge is 0.378 e. The monoisotopic (exact) mass is 441 g/mol. The summed E-state index contributed by atoms with van der Waals surface area (Å²) in [6.45, 7) is 6.32. The average Bonchev–Trinajstić information content (AvgIpc) is 3.53. The Morgan fingerprint density at radius 3 is 2.77 bits per heavy atom. The summed E-state index contributed by atoms with van der Waals surface area (Å²) < 4.78 is 5.44. The van der Waals surface area contributed by atoms with Crippen LogP contribution in [0.5, 0.6) is 0 Å². The Morgan fingerprint density at radius 1 is 1.19 bits per heavy atom. The maximum absolute atomic E-state index is 12.5. The number of carbonyl (C=O) groups is 1. The van der Waals surface area contributed by atoms with Crippen LogP contribution in [0, 0.1) is 11.8 Å². The van der Waals surface area contributed by atoms with E-state index < -0.39 is 0 Å². The fourth-order valence-electron chi connectivity index (χ4n) is 4.64. The Hall–Kier alpha value is -2.03. The summed E-state index contributed by atoms with van der Waals surface area (Å²) in [6, 6.07) is 4.36. The van der Waals surface area contributed by atoms with Crippen LogP contribution < -0.4 is 10.2 Å². The normalized spacial score (nSPS) is 23.5. The molecule has 1 N–H and O–H groups in total. The van der Waals surface area contributed by atoms with Crippen molar-refractivity contribution in [3.05, 3.63) is 40.5 Å². The molecule has 4 heterocycles. The predicted octanol–water partition coefficient (Wildman–Crippen LogP) is 2.85. The first-order chi connectivity index (χ1) is 15.3. The zero-order valence-electron chi connectivity index (χ0n) is 17.9. The quantitative estimate of drug-likeness (QED) is 0.713. The lowest BCUT2D eigenvalue weighted by Crippen LogP contribution is -2.43. The fourth-order valence-corrected chi connectivity index (χ4v) is 5.42. The summed E-state index contributed by atoms with van der Waals surface area (Å²) in [7, 11) is 0. The van der Waals surface area contributed by atoms with E-state index in [4.69, 9.17) is 9.72 Å². The number of ether oxygens (including phenoxy) is 1. The van der Waals surface area contributed by atoms with Gasteiger partial charge in [0.1, 0.15) is 10.8 Å². The molecule has 2 aromatic heterocycles. The van der Waals surface area contributed by atoms with E-state index in [1.165, 1.54) is 5.56 Å². The topological polar surface area (TPSA) is 70.6 Å². The molecule has 0 radical (unpaired) electrons. The van der Waals surface area contributed by atoms with Gasteiger partial charge in [0.25, 0.3) is 0 Å². The lowest BCUT2D eigenvalue weighted by molar-refractivity contribution is -0.123. The minimum absolute atomic E-state index is 0.0257. The number of hydrogen-bond acceptors (Lipinski definition) is 7. The fraction of sp³-hybridized carbons (Fsp3) is 0.609. The summed E-state index contributed by atoms with van der Waals surface area (Å²) in [4.78, 5) is 26.6. The van der Waals surface area contributed by atoms with Crippen molar-refractivity contribution in [2.24, 2.45) is 11.8 Å². The summed E-state index contributed by atoms with van der Waals surface area (Å²) >= 11 is 1.65. The number of thiazole rings is 1. The number of likely N-dealkylation sites (tertiary alicyclic amines) is 1. The third kappa shape index (κ3) is 5.25. The summed E-state index contributed by atoms with van der Waals surface area (Å²) in [5.74, 6) is 1.86. The lowest BCUT2D eigenvalue weighted by Gasteiger charge is -2.36. The molecule has 166 valence electrons. The van der Waals surface area contributed by atoms with Crippen LogP contribution in [0.1, 0.15) is 42.3 Å². The molecule has 0 spiro atoms. The zero-order chi connectivity index (χ0) is 21.0. The van der Waals surface area contributed by atoms with Crippen LogP contribution in [-0.2, 0) is 16.1 Å². The molecular formula is C23H31N5O2S. The standard InChI is InChI=1S/C23H31N5O2S/c29-22(18-4-5-18)26-21(23-24-7-13-31-23)19-2-1-8-27(16-19)15-17-3-6-20(25-14-17)28-9-11-30-12-10-28/h3,6-7,13-14,18-19,21H,1-2,4-5,8-12,15-16H2,(H,26,29)/t19-,21+/m0/s1. The first-order valence-electron chi connectivity index (χ1n) is 11.5. The molecule has 2 saturated heterocycles.